The van der Waals surface area contributed by atoms with Crippen LogP contribution in [0.25, 0.3) is 11.5 Å². The second kappa shape index (κ2) is 6.57. The van der Waals surface area contributed by atoms with E-state index in [0.29, 0.717) is 22.3 Å². The Bertz CT molecular complexity index is 603. The van der Waals surface area contributed by atoms with Crippen molar-refractivity contribution in [1.82, 2.24) is 4.98 Å². The highest BCUT2D eigenvalue weighted by Crippen LogP contribution is 2.27. The van der Waals surface area contributed by atoms with Gasteiger partial charge in [-0.05, 0) is 37.6 Å². The molecule has 4 nitrogen and oxygen atoms in total. The van der Waals surface area contributed by atoms with Crippen LogP contribution in [-0.4, -0.2) is 22.3 Å². The van der Waals surface area contributed by atoms with Gasteiger partial charge in [-0.15, -0.1) is 0 Å². The molecule has 0 aliphatic heterocycles. The van der Waals surface area contributed by atoms with Gasteiger partial charge in [-0.3, -0.25) is 4.99 Å². The first-order valence-corrected chi connectivity index (χ1v) is 6.96. The van der Waals surface area contributed by atoms with Crippen LogP contribution in [0.2, 0.25) is 5.02 Å². The summed E-state index contributed by atoms with van der Waals surface area (Å²) in [6, 6.07) is 7.09. The predicted octanol–water partition coefficient (Wildman–Crippen LogP) is 4.31. The second-order valence-corrected chi connectivity index (χ2v) is 4.94. The van der Waals surface area contributed by atoms with Crippen LogP contribution >= 0.6 is 11.6 Å². The monoisotopic (exact) mass is 292 g/mol. The number of aromatic nitrogens is 1. The van der Waals surface area contributed by atoms with Crippen molar-refractivity contribution in [2.45, 2.75) is 26.7 Å². The number of oxazole rings is 1. The van der Waals surface area contributed by atoms with Crippen molar-refractivity contribution in [3.05, 3.63) is 35.0 Å². The predicted molar refractivity (Wildman–Crippen MR) is 80.6 cm³/mol. The minimum atomic E-state index is -0.201. The minimum Gasteiger partial charge on any atom is -0.479 e. The van der Waals surface area contributed by atoms with Crippen molar-refractivity contribution in [3.8, 4) is 17.4 Å². The Morgan fingerprint density at radius 1 is 1.35 bits per heavy atom. The molecule has 1 aromatic carbocycles. The van der Waals surface area contributed by atoms with Gasteiger partial charge in [0, 0.05) is 17.1 Å². The summed E-state index contributed by atoms with van der Waals surface area (Å²) >= 11 is 5.84. The van der Waals surface area contributed by atoms with E-state index in [1.165, 1.54) is 0 Å². The molecule has 1 heterocycles. The first-order chi connectivity index (χ1) is 9.61. The highest BCUT2D eigenvalue weighted by atomic mass is 35.5. The summed E-state index contributed by atoms with van der Waals surface area (Å²) in [5.74, 6) is 0.159. The van der Waals surface area contributed by atoms with Gasteiger partial charge in [0.1, 0.15) is 0 Å². The zero-order valence-electron chi connectivity index (χ0n) is 11.6. The van der Waals surface area contributed by atoms with Crippen LogP contribution in [0, 0.1) is 0 Å². The van der Waals surface area contributed by atoms with Gasteiger partial charge in [0.15, 0.2) is 5.69 Å². The second-order valence-electron chi connectivity index (χ2n) is 4.50. The maximum Gasteiger partial charge on any atom is 0.312 e. The molecule has 0 unspecified atom stereocenters. The van der Waals surface area contributed by atoms with Crippen LogP contribution in [0.3, 0.4) is 0 Å². The number of aromatic hydroxyl groups is 1. The summed E-state index contributed by atoms with van der Waals surface area (Å²) in [5.41, 5.74) is 1.84. The molecule has 1 N–H and O–H groups in total. The van der Waals surface area contributed by atoms with Crippen LogP contribution in [0.1, 0.15) is 32.4 Å². The van der Waals surface area contributed by atoms with Gasteiger partial charge in [-0.25, -0.2) is 4.98 Å². The summed E-state index contributed by atoms with van der Waals surface area (Å²) in [7, 11) is 0. The standard InChI is InChI=1S/C15H17ClN2O2/c1-3-4-9-17-10(2)13-15(19)20-14(18-13)11-5-7-12(16)8-6-11/h5-8,19H,3-4,9H2,1-2H3. The Kier molecular flexibility index (Phi) is 4.79. The van der Waals surface area contributed by atoms with E-state index in [9.17, 15) is 5.11 Å². The van der Waals surface area contributed by atoms with Crippen molar-refractivity contribution in [2.24, 2.45) is 4.99 Å². The van der Waals surface area contributed by atoms with Gasteiger partial charge in [0.05, 0.1) is 5.71 Å². The molecular formula is C15H17ClN2O2. The number of benzene rings is 1. The summed E-state index contributed by atoms with van der Waals surface area (Å²) in [6.45, 7) is 4.65. The summed E-state index contributed by atoms with van der Waals surface area (Å²) in [5, 5.41) is 10.5. The number of halogens is 1. The lowest BCUT2D eigenvalue weighted by molar-refractivity contribution is 0.336. The van der Waals surface area contributed by atoms with Gasteiger partial charge in [-0.2, -0.15) is 0 Å². The largest absolute Gasteiger partial charge is 0.479 e. The molecule has 20 heavy (non-hydrogen) atoms. The van der Waals surface area contributed by atoms with Gasteiger partial charge in [0.25, 0.3) is 0 Å². The third-order valence-electron chi connectivity index (χ3n) is 2.90. The number of unbranched alkanes of at least 4 members (excludes halogenated alkanes) is 1. The van der Waals surface area contributed by atoms with Crippen molar-refractivity contribution in [1.29, 1.82) is 0 Å². The van der Waals surface area contributed by atoms with E-state index in [0.717, 1.165) is 24.9 Å². The van der Waals surface area contributed by atoms with Gasteiger partial charge in [0.2, 0.25) is 5.89 Å². The zero-order chi connectivity index (χ0) is 14.5. The molecule has 2 aromatic rings. The Labute approximate surface area is 123 Å². The highest BCUT2D eigenvalue weighted by molar-refractivity contribution is 6.30. The number of aliphatic imine (C=N–C) groups is 1. The van der Waals surface area contributed by atoms with Crippen molar-refractivity contribution < 1.29 is 9.52 Å². The third-order valence-corrected chi connectivity index (χ3v) is 3.16. The summed E-state index contributed by atoms with van der Waals surface area (Å²) < 4.78 is 5.29. The maximum atomic E-state index is 9.84. The van der Waals surface area contributed by atoms with Crippen LogP contribution in [0.5, 0.6) is 5.95 Å². The third kappa shape index (κ3) is 3.39. The smallest absolute Gasteiger partial charge is 0.312 e. The highest BCUT2D eigenvalue weighted by Gasteiger charge is 2.15. The molecule has 0 amide bonds. The molecule has 0 saturated carbocycles. The van der Waals surface area contributed by atoms with Crippen molar-refractivity contribution in [2.75, 3.05) is 6.54 Å². The fourth-order valence-electron chi connectivity index (χ4n) is 1.74. The van der Waals surface area contributed by atoms with Crippen LogP contribution < -0.4 is 0 Å². The van der Waals surface area contributed by atoms with Gasteiger partial charge in [-0.1, -0.05) is 24.9 Å². The average Bonchev–Trinajstić information content (AvgIpc) is 2.82. The van der Waals surface area contributed by atoms with Crippen LogP contribution in [-0.2, 0) is 0 Å². The number of nitrogens with zero attached hydrogens (tertiary/aromatic N) is 2. The summed E-state index contributed by atoms with van der Waals surface area (Å²) in [6.07, 6.45) is 2.09. The fourth-order valence-corrected chi connectivity index (χ4v) is 1.87. The molecule has 0 aliphatic rings. The first-order valence-electron chi connectivity index (χ1n) is 6.59. The zero-order valence-corrected chi connectivity index (χ0v) is 12.3. The SMILES string of the molecule is CCCCN=C(C)c1nc(-c2ccc(Cl)cc2)oc1O. The van der Waals surface area contributed by atoms with Crippen LogP contribution in [0.15, 0.2) is 33.7 Å². The van der Waals surface area contributed by atoms with Gasteiger partial charge >= 0.3 is 5.95 Å². The van der Waals surface area contributed by atoms with E-state index >= 15 is 0 Å². The van der Waals surface area contributed by atoms with E-state index in [1.807, 2.05) is 6.92 Å². The van der Waals surface area contributed by atoms with E-state index in [-0.39, 0.29) is 5.95 Å². The molecule has 1 aromatic heterocycles. The molecule has 0 aliphatic carbocycles. The summed E-state index contributed by atoms with van der Waals surface area (Å²) in [4.78, 5) is 8.68. The van der Waals surface area contributed by atoms with E-state index in [1.54, 1.807) is 24.3 Å². The molecule has 5 heteroatoms. The Hall–Kier alpha value is -1.81. The Morgan fingerprint density at radius 3 is 2.70 bits per heavy atom. The lowest BCUT2D eigenvalue weighted by Crippen LogP contribution is -1.97. The molecule has 0 bridgehead atoms. The van der Waals surface area contributed by atoms with E-state index < -0.39 is 0 Å². The fraction of sp³-hybridized carbons (Fsp3) is 0.333. The average molecular weight is 293 g/mol. The van der Waals surface area contributed by atoms with Gasteiger partial charge < -0.3 is 9.52 Å². The number of rotatable bonds is 5. The Morgan fingerprint density at radius 2 is 2.05 bits per heavy atom. The van der Waals surface area contributed by atoms with E-state index in [2.05, 4.69) is 16.9 Å². The molecule has 0 spiro atoms. The normalized spacial score (nSPS) is 11.8. The molecule has 0 saturated heterocycles. The number of hydrogen-bond donors (Lipinski definition) is 1. The quantitative estimate of drug-likeness (QED) is 0.660. The molecule has 2 rings (SSSR count). The maximum absolute atomic E-state index is 9.84. The molecule has 0 radical (unpaired) electrons. The molecule has 106 valence electrons. The molecule has 0 fully saturated rings. The number of hydrogen-bond acceptors (Lipinski definition) is 4. The molecular weight excluding hydrogens is 276 g/mol. The lowest BCUT2D eigenvalue weighted by atomic mass is 10.2. The Balaban J connectivity index is 2.25. The van der Waals surface area contributed by atoms with Crippen LogP contribution in [0.4, 0.5) is 0 Å². The lowest BCUT2D eigenvalue weighted by Gasteiger charge is -1.96. The van der Waals surface area contributed by atoms with Crippen molar-refractivity contribution >= 4 is 17.3 Å². The van der Waals surface area contributed by atoms with E-state index in [4.69, 9.17) is 16.0 Å². The first kappa shape index (κ1) is 14.6. The van der Waals surface area contributed by atoms with Crippen molar-refractivity contribution in [3.63, 3.8) is 0 Å². The minimum absolute atomic E-state index is 0.201. The molecule has 0 atom stereocenters. The topological polar surface area (TPSA) is 58.6 Å².